The van der Waals surface area contributed by atoms with Crippen molar-refractivity contribution in [1.29, 1.82) is 0 Å². The minimum atomic E-state index is 1.27. The van der Waals surface area contributed by atoms with E-state index in [9.17, 15) is 0 Å². The van der Waals surface area contributed by atoms with Crippen molar-refractivity contribution in [2.45, 2.75) is 0 Å². The van der Waals surface area contributed by atoms with Crippen molar-refractivity contribution in [3.05, 3.63) is 36.2 Å². The molecule has 0 unspecified atom stereocenters. The molecular formula is C10H6S8. The standard InChI is InChI=1S/C10H6S8/c1-2-12-6-5(11-1)15-9(16-6)10-17-7-8(18-10)14-4-3-13-7/h1-2H,3-4H2. The van der Waals surface area contributed by atoms with Crippen LogP contribution in [0, 0.1) is 0 Å². The molecule has 94 valence electrons. The van der Waals surface area contributed by atoms with E-state index in [4.69, 9.17) is 0 Å². The summed E-state index contributed by atoms with van der Waals surface area (Å²) < 4.78 is 9.04. The fraction of sp³-hybridized carbons (Fsp3) is 0.200. The van der Waals surface area contributed by atoms with Crippen LogP contribution in [0.3, 0.4) is 0 Å². The topological polar surface area (TPSA) is 0 Å². The highest BCUT2D eigenvalue weighted by molar-refractivity contribution is 8.46. The predicted octanol–water partition coefficient (Wildman–Crippen LogP) is 6.76. The molecule has 4 heterocycles. The van der Waals surface area contributed by atoms with Gasteiger partial charge in [0.2, 0.25) is 0 Å². The second kappa shape index (κ2) is 5.87. The summed E-state index contributed by atoms with van der Waals surface area (Å²) >= 11 is 15.7. The van der Waals surface area contributed by atoms with Crippen LogP contribution in [0.2, 0.25) is 0 Å². The lowest BCUT2D eigenvalue weighted by atomic mass is 11.0. The van der Waals surface area contributed by atoms with Gasteiger partial charge in [-0.15, -0.1) is 23.5 Å². The monoisotopic (exact) mass is 382 g/mol. The zero-order valence-electron chi connectivity index (χ0n) is 8.83. The summed E-state index contributed by atoms with van der Waals surface area (Å²) in [5, 5.41) is 4.38. The molecule has 0 aliphatic carbocycles. The van der Waals surface area contributed by atoms with E-state index in [-0.39, 0.29) is 0 Å². The van der Waals surface area contributed by atoms with Gasteiger partial charge in [-0.3, -0.25) is 0 Å². The van der Waals surface area contributed by atoms with Gasteiger partial charge in [-0.2, -0.15) is 0 Å². The van der Waals surface area contributed by atoms with Gasteiger partial charge in [0.1, 0.15) is 0 Å². The fourth-order valence-corrected chi connectivity index (χ4v) is 12.9. The van der Waals surface area contributed by atoms with Crippen molar-refractivity contribution in [2.75, 3.05) is 11.5 Å². The molecule has 0 spiro atoms. The van der Waals surface area contributed by atoms with E-state index in [1.165, 1.54) is 28.5 Å². The van der Waals surface area contributed by atoms with Crippen molar-refractivity contribution >= 4 is 94.1 Å². The van der Waals surface area contributed by atoms with Crippen molar-refractivity contribution in [3.63, 3.8) is 0 Å². The first-order valence-electron chi connectivity index (χ1n) is 5.08. The van der Waals surface area contributed by atoms with Crippen LogP contribution in [-0.2, 0) is 0 Å². The van der Waals surface area contributed by atoms with Crippen LogP contribution in [-0.4, -0.2) is 11.5 Å². The second-order valence-corrected chi connectivity index (χ2v) is 13.0. The molecule has 0 amide bonds. The van der Waals surface area contributed by atoms with Crippen LogP contribution < -0.4 is 0 Å². The Morgan fingerprint density at radius 2 is 1.00 bits per heavy atom. The molecule has 4 rings (SSSR count). The zero-order valence-corrected chi connectivity index (χ0v) is 15.4. The van der Waals surface area contributed by atoms with E-state index in [2.05, 4.69) is 10.8 Å². The molecule has 0 atom stereocenters. The van der Waals surface area contributed by atoms with Gasteiger partial charge in [-0.1, -0.05) is 70.6 Å². The summed E-state index contributed by atoms with van der Waals surface area (Å²) in [6.07, 6.45) is 0. The van der Waals surface area contributed by atoms with Gasteiger partial charge in [0.15, 0.2) is 0 Å². The molecule has 0 saturated heterocycles. The van der Waals surface area contributed by atoms with E-state index in [1.54, 1.807) is 8.47 Å². The van der Waals surface area contributed by atoms with Gasteiger partial charge in [0, 0.05) is 11.5 Å². The summed E-state index contributed by atoms with van der Waals surface area (Å²) in [5.74, 6) is 2.54. The van der Waals surface area contributed by atoms with Gasteiger partial charge in [0.25, 0.3) is 0 Å². The van der Waals surface area contributed by atoms with Gasteiger partial charge in [0.05, 0.1) is 25.4 Å². The first kappa shape index (κ1) is 13.4. The van der Waals surface area contributed by atoms with Crippen LogP contribution >= 0.6 is 94.1 Å². The lowest BCUT2D eigenvalue weighted by Gasteiger charge is -2.08. The molecule has 0 saturated carbocycles. The Kier molecular flexibility index (Phi) is 4.38. The van der Waals surface area contributed by atoms with E-state index in [0.717, 1.165) is 0 Å². The minimum absolute atomic E-state index is 1.27. The normalized spacial score (nSPS) is 27.1. The van der Waals surface area contributed by atoms with E-state index >= 15 is 0 Å². The van der Waals surface area contributed by atoms with Gasteiger partial charge in [-0.25, -0.2) is 0 Å². The minimum Gasteiger partial charge on any atom is -0.116 e. The van der Waals surface area contributed by atoms with E-state index in [1.807, 2.05) is 94.1 Å². The highest BCUT2D eigenvalue weighted by Crippen LogP contribution is 2.67. The first-order chi connectivity index (χ1) is 8.90. The van der Waals surface area contributed by atoms with Crippen LogP contribution in [0.4, 0.5) is 0 Å². The maximum Gasteiger partial charge on any atom is 0.0718 e. The van der Waals surface area contributed by atoms with E-state index < -0.39 is 0 Å². The third-order valence-electron chi connectivity index (χ3n) is 2.20. The van der Waals surface area contributed by atoms with Gasteiger partial charge < -0.3 is 0 Å². The Morgan fingerprint density at radius 3 is 1.50 bits per heavy atom. The number of hydrogen-bond acceptors (Lipinski definition) is 8. The van der Waals surface area contributed by atoms with Crippen LogP contribution in [0.5, 0.6) is 0 Å². The zero-order chi connectivity index (χ0) is 11.9. The summed E-state index contributed by atoms with van der Waals surface area (Å²) in [7, 11) is 0. The van der Waals surface area contributed by atoms with Crippen molar-refractivity contribution in [1.82, 2.24) is 0 Å². The molecule has 0 aromatic carbocycles. The Bertz CT molecular complexity index is 460. The number of rotatable bonds is 0. The third kappa shape index (κ3) is 2.61. The average Bonchev–Trinajstić information content (AvgIpc) is 3.02. The number of hydrogen-bond donors (Lipinski definition) is 0. The molecule has 0 aromatic heterocycles. The molecule has 0 fully saturated rings. The van der Waals surface area contributed by atoms with Crippen LogP contribution in [0.25, 0.3) is 0 Å². The lowest BCUT2D eigenvalue weighted by molar-refractivity contribution is 1.56. The van der Waals surface area contributed by atoms with Crippen molar-refractivity contribution in [2.24, 2.45) is 0 Å². The van der Waals surface area contributed by atoms with Crippen molar-refractivity contribution < 1.29 is 0 Å². The smallest absolute Gasteiger partial charge is 0.0718 e. The second-order valence-electron chi connectivity index (χ2n) is 3.34. The average molecular weight is 383 g/mol. The Labute approximate surface area is 140 Å². The molecule has 4 aliphatic heterocycles. The van der Waals surface area contributed by atoms with Gasteiger partial charge in [-0.05, 0) is 10.8 Å². The van der Waals surface area contributed by atoms with Crippen molar-refractivity contribution in [3.8, 4) is 0 Å². The SMILES string of the molecule is C1=CSC2=C(S1)SC(=C1SC3=C(SCCS3)S1)S2. The Morgan fingerprint density at radius 1 is 0.556 bits per heavy atom. The maximum absolute atomic E-state index is 2.19. The van der Waals surface area contributed by atoms with Crippen LogP contribution in [0.15, 0.2) is 36.2 Å². The Hall–Kier alpha value is 1.76. The third-order valence-corrected chi connectivity index (χ3v) is 13.7. The molecule has 4 aliphatic rings. The summed E-state index contributed by atoms with van der Waals surface area (Å²) in [4.78, 5) is 0. The van der Waals surface area contributed by atoms with Crippen LogP contribution in [0.1, 0.15) is 0 Å². The molecule has 0 nitrogen and oxygen atoms in total. The largest absolute Gasteiger partial charge is 0.116 e. The highest BCUT2D eigenvalue weighted by atomic mass is 32.3. The molecule has 0 bridgehead atoms. The molecular weight excluding hydrogens is 377 g/mol. The molecule has 0 N–H and O–H groups in total. The molecule has 0 radical (unpaired) electrons. The fourth-order valence-electron chi connectivity index (χ4n) is 1.48. The van der Waals surface area contributed by atoms with E-state index in [0.29, 0.717) is 0 Å². The van der Waals surface area contributed by atoms with Gasteiger partial charge >= 0.3 is 0 Å². The summed E-state index contributed by atoms with van der Waals surface area (Å²) in [5.41, 5.74) is 0. The Balaban J connectivity index is 1.54. The summed E-state index contributed by atoms with van der Waals surface area (Å²) in [6, 6.07) is 0. The molecule has 8 heteroatoms. The quantitative estimate of drug-likeness (QED) is 0.445. The number of thioether (sulfide) groups is 8. The first-order valence-corrected chi connectivity index (χ1v) is 12.1. The lowest BCUT2D eigenvalue weighted by Crippen LogP contribution is -1.88. The summed E-state index contributed by atoms with van der Waals surface area (Å²) in [6.45, 7) is 0. The highest BCUT2D eigenvalue weighted by Gasteiger charge is 2.32. The predicted molar refractivity (Wildman–Crippen MR) is 101 cm³/mol. The molecule has 0 aromatic rings. The maximum atomic E-state index is 2.19. The molecule has 18 heavy (non-hydrogen) atoms.